The summed E-state index contributed by atoms with van der Waals surface area (Å²) in [6.45, 7) is 3.67. The average molecular weight is 117 g/mol. The van der Waals surface area contributed by atoms with Crippen LogP contribution < -0.4 is 5.90 Å². The van der Waals surface area contributed by atoms with Crippen molar-refractivity contribution in [3.8, 4) is 0 Å². The lowest BCUT2D eigenvalue weighted by Crippen LogP contribution is -2.03. The minimum Gasteiger partial charge on any atom is -0.510 e. The number of hydrogen-bond acceptors (Lipinski definition) is 3. The molecule has 0 heterocycles. The molecular formula is C5H11NO2. The molecule has 0 aromatic carbocycles. The van der Waals surface area contributed by atoms with Crippen LogP contribution >= 0.6 is 0 Å². The molecule has 0 aromatic heterocycles. The van der Waals surface area contributed by atoms with Crippen molar-refractivity contribution < 1.29 is 9.94 Å². The fourth-order valence-corrected chi connectivity index (χ4v) is 0.223. The van der Waals surface area contributed by atoms with E-state index in [9.17, 15) is 0 Å². The summed E-state index contributed by atoms with van der Waals surface area (Å²) in [7, 11) is 0. The first-order valence-electron chi connectivity index (χ1n) is 2.35. The van der Waals surface area contributed by atoms with Gasteiger partial charge in [-0.2, -0.15) is 0 Å². The number of aliphatic hydroxyl groups excluding tert-OH is 1. The van der Waals surface area contributed by atoms with Crippen LogP contribution in [0.2, 0.25) is 0 Å². The van der Waals surface area contributed by atoms with Crippen molar-refractivity contribution in [2.45, 2.75) is 13.8 Å². The molecule has 3 nitrogen and oxygen atoms in total. The Hall–Kier alpha value is -0.540. The first-order valence-corrected chi connectivity index (χ1v) is 2.35. The Morgan fingerprint density at radius 1 is 1.62 bits per heavy atom. The highest BCUT2D eigenvalue weighted by Gasteiger charge is 1.91. The van der Waals surface area contributed by atoms with Gasteiger partial charge in [0.1, 0.15) is 12.4 Å². The quantitative estimate of drug-likeness (QED) is 0.414. The van der Waals surface area contributed by atoms with E-state index < -0.39 is 0 Å². The fourth-order valence-electron chi connectivity index (χ4n) is 0.223. The summed E-state index contributed by atoms with van der Waals surface area (Å²) in [5.41, 5.74) is 0.829. The zero-order chi connectivity index (χ0) is 6.57. The molecule has 0 aliphatic rings. The molecule has 0 unspecified atom stereocenters. The number of allylic oxidation sites excluding steroid dienone is 1. The van der Waals surface area contributed by atoms with E-state index in [1.807, 2.05) is 0 Å². The zero-order valence-electron chi connectivity index (χ0n) is 5.14. The number of aliphatic hydroxyl groups is 1. The monoisotopic (exact) mass is 117 g/mol. The molecule has 3 N–H and O–H groups in total. The molecule has 0 atom stereocenters. The van der Waals surface area contributed by atoms with Crippen LogP contribution in [0.5, 0.6) is 0 Å². The molecule has 3 heteroatoms. The lowest BCUT2D eigenvalue weighted by Gasteiger charge is -1.97. The topological polar surface area (TPSA) is 55.5 Å². The molecule has 0 amide bonds. The molecular weight excluding hydrogens is 106 g/mol. The van der Waals surface area contributed by atoms with Crippen molar-refractivity contribution in [1.82, 2.24) is 0 Å². The Morgan fingerprint density at radius 3 is 2.25 bits per heavy atom. The molecule has 0 aliphatic heterocycles. The second-order valence-electron chi connectivity index (χ2n) is 1.76. The Morgan fingerprint density at radius 2 is 2.12 bits per heavy atom. The Bertz CT molecular complexity index is 94.6. The van der Waals surface area contributed by atoms with Gasteiger partial charge in [-0.15, -0.1) is 0 Å². The lowest BCUT2D eigenvalue weighted by molar-refractivity contribution is 0.129. The molecule has 0 rings (SSSR count). The molecule has 0 aliphatic carbocycles. The van der Waals surface area contributed by atoms with E-state index in [1.165, 1.54) is 0 Å². The lowest BCUT2D eigenvalue weighted by atomic mass is 10.3. The van der Waals surface area contributed by atoms with E-state index in [4.69, 9.17) is 5.11 Å². The zero-order valence-corrected chi connectivity index (χ0v) is 5.14. The molecule has 0 spiro atoms. The van der Waals surface area contributed by atoms with Gasteiger partial charge in [0, 0.05) is 0 Å². The minimum atomic E-state index is 0.0995. The third-order valence-electron chi connectivity index (χ3n) is 0.797. The summed E-state index contributed by atoms with van der Waals surface area (Å²) in [6, 6.07) is 0. The summed E-state index contributed by atoms with van der Waals surface area (Å²) in [4.78, 5) is 4.16. The summed E-state index contributed by atoms with van der Waals surface area (Å²) < 4.78 is 0. The van der Waals surface area contributed by atoms with Crippen molar-refractivity contribution in [3.05, 3.63) is 11.3 Å². The molecule has 0 bridgehead atoms. The van der Waals surface area contributed by atoms with Crippen molar-refractivity contribution in [3.63, 3.8) is 0 Å². The minimum absolute atomic E-state index is 0.0995. The number of rotatable bonds is 2. The number of hydrogen-bond donors (Lipinski definition) is 2. The van der Waals surface area contributed by atoms with Gasteiger partial charge in [-0.3, -0.25) is 4.84 Å². The van der Waals surface area contributed by atoms with Crippen LogP contribution in [0.4, 0.5) is 0 Å². The van der Waals surface area contributed by atoms with Gasteiger partial charge in [0.25, 0.3) is 0 Å². The normalized spacial score (nSPS) is 8.88. The van der Waals surface area contributed by atoms with Gasteiger partial charge in [0.05, 0.1) is 0 Å². The van der Waals surface area contributed by atoms with Crippen LogP contribution in [0.15, 0.2) is 11.3 Å². The van der Waals surface area contributed by atoms with Crippen LogP contribution in [-0.4, -0.2) is 11.7 Å². The van der Waals surface area contributed by atoms with Gasteiger partial charge in [0.15, 0.2) is 0 Å². The Labute approximate surface area is 48.7 Å². The molecule has 0 saturated heterocycles. The van der Waals surface area contributed by atoms with Crippen LogP contribution in [-0.2, 0) is 4.84 Å². The van der Waals surface area contributed by atoms with E-state index in [0.29, 0.717) is 0 Å². The summed E-state index contributed by atoms with van der Waals surface area (Å²) >= 11 is 0. The number of nitrogens with two attached hydrogens (primary N) is 1. The first kappa shape index (κ1) is 7.46. The van der Waals surface area contributed by atoms with E-state index >= 15 is 0 Å². The predicted molar refractivity (Wildman–Crippen MR) is 31.1 cm³/mol. The second-order valence-corrected chi connectivity index (χ2v) is 1.76. The highest BCUT2D eigenvalue weighted by molar-refractivity contribution is 5.00. The third-order valence-corrected chi connectivity index (χ3v) is 0.797. The van der Waals surface area contributed by atoms with Crippen LogP contribution in [0.1, 0.15) is 13.8 Å². The van der Waals surface area contributed by atoms with Crippen LogP contribution in [0.3, 0.4) is 0 Å². The largest absolute Gasteiger partial charge is 0.510 e. The SMILES string of the molecule is CC(C)=C(O)CON. The average Bonchev–Trinajstić information content (AvgIpc) is 1.67. The Kier molecular flexibility index (Phi) is 3.23. The van der Waals surface area contributed by atoms with Crippen LogP contribution in [0.25, 0.3) is 0 Å². The van der Waals surface area contributed by atoms with E-state index in [-0.39, 0.29) is 12.4 Å². The highest BCUT2D eigenvalue weighted by atomic mass is 16.6. The standard InChI is InChI=1S/C5H11NO2/c1-4(2)5(7)3-8-6/h7H,3,6H2,1-2H3. The van der Waals surface area contributed by atoms with E-state index in [0.717, 1.165) is 5.57 Å². The summed E-state index contributed by atoms with van der Waals surface area (Å²) in [6.07, 6.45) is 0. The maximum absolute atomic E-state index is 8.80. The van der Waals surface area contributed by atoms with Crippen molar-refractivity contribution in [2.75, 3.05) is 6.61 Å². The van der Waals surface area contributed by atoms with Gasteiger partial charge in [-0.1, -0.05) is 0 Å². The van der Waals surface area contributed by atoms with Gasteiger partial charge < -0.3 is 5.11 Å². The van der Waals surface area contributed by atoms with Crippen molar-refractivity contribution in [1.29, 1.82) is 0 Å². The van der Waals surface area contributed by atoms with Gasteiger partial charge in [0.2, 0.25) is 0 Å². The van der Waals surface area contributed by atoms with Crippen molar-refractivity contribution in [2.24, 2.45) is 5.90 Å². The molecule has 0 aromatic rings. The highest BCUT2D eigenvalue weighted by Crippen LogP contribution is 1.96. The van der Waals surface area contributed by atoms with Crippen molar-refractivity contribution >= 4 is 0 Å². The molecule has 0 radical (unpaired) electrons. The molecule has 0 saturated carbocycles. The van der Waals surface area contributed by atoms with Crippen LogP contribution in [0, 0.1) is 0 Å². The maximum atomic E-state index is 8.80. The second kappa shape index (κ2) is 3.46. The fraction of sp³-hybridized carbons (Fsp3) is 0.600. The third kappa shape index (κ3) is 2.60. The molecule has 0 fully saturated rings. The Balaban J connectivity index is 3.62. The maximum Gasteiger partial charge on any atom is 0.125 e. The molecule has 48 valence electrons. The van der Waals surface area contributed by atoms with Gasteiger partial charge in [-0.05, 0) is 19.4 Å². The smallest absolute Gasteiger partial charge is 0.125 e. The van der Waals surface area contributed by atoms with Gasteiger partial charge >= 0.3 is 0 Å². The summed E-state index contributed by atoms with van der Waals surface area (Å²) in [5.74, 6) is 4.87. The summed E-state index contributed by atoms with van der Waals surface area (Å²) in [5, 5.41) is 8.80. The predicted octanol–water partition coefficient (Wildman–Crippen LogP) is 0.729. The van der Waals surface area contributed by atoms with Gasteiger partial charge in [-0.25, -0.2) is 5.90 Å². The molecule has 8 heavy (non-hydrogen) atoms. The van der Waals surface area contributed by atoms with E-state index in [2.05, 4.69) is 10.7 Å². The van der Waals surface area contributed by atoms with E-state index in [1.54, 1.807) is 13.8 Å². The first-order chi connectivity index (χ1) is 3.68.